The van der Waals surface area contributed by atoms with Gasteiger partial charge in [0.25, 0.3) is 0 Å². The van der Waals surface area contributed by atoms with E-state index in [-0.39, 0.29) is 42.1 Å². The first kappa shape index (κ1) is 18.4. The van der Waals surface area contributed by atoms with Gasteiger partial charge in [0, 0.05) is 38.3 Å². The first-order valence-corrected chi connectivity index (χ1v) is 10.0. The molecule has 0 spiro atoms. The van der Waals surface area contributed by atoms with E-state index in [0.717, 1.165) is 44.2 Å². The van der Waals surface area contributed by atoms with Crippen molar-refractivity contribution in [1.29, 1.82) is 0 Å². The van der Waals surface area contributed by atoms with Crippen LogP contribution < -0.4 is 0 Å². The second-order valence-corrected chi connectivity index (χ2v) is 7.95. The van der Waals surface area contributed by atoms with Gasteiger partial charge in [-0.3, -0.25) is 9.59 Å². The number of likely N-dealkylation sites (tertiary alicyclic amines) is 1. The van der Waals surface area contributed by atoms with Crippen LogP contribution in [-0.2, 0) is 20.7 Å². The molecule has 1 aromatic carbocycles. The lowest BCUT2D eigenvalue weighted by atomic mass is 10.0. The Kier molecular flexibility index (Phi) is 5.43. The summed E-state index contributed by atoms with van der Waals surface area (Å²) in [6.07, 6.45) is 4.79. The minimum Gasteiger partial charge on any atom is -0.381 e. The molecule has 27 heavy (non-hydrogen) atoms. The molecule has 2 amide bonds. The van der Waals surface area contributed by atoms with E-state index < -0.39 is 0 Å². The first-order valence-electron chi connectivity index (χ1n) is 10.0. The molecule has 0 bridgehead atoms. The fourth-order valence-electron chi connectivity index (χ4n) is 4.29. The van der Waals surface area contributed by atoms with Crippen LogP contribution in [0.4, 0.5) is 4.39 Å². The molecule has 3 fully saturated rings. The van der Waals surface area contributed by atoms with Crippen molar-refractivity contribution in [3.8, 4) is 0 Å². The summed E-state index contributed by atoms with van der Waals surface area (Å²) >= 11 is 0. The molecule has 5 nitrogen and oxygen atoms in total. The van der Waals surface area contributed by atoms with Crippen molar-refractivity contribution >= 4 is 11.8 Å². The molecular formula is C21H27FN2O3. The highest BCUT2D eigenvalue weighted by Crippen LogP contribution is 2.33. The number of carbonyl (C=O) groups excluding carboxylic acids is 2. The highest BCUT2D eigenvalue weighted by Gasteiger charge is 2.40. The number of amides is 2. The van der Waals surface area contributed by atoms with Gasteiger partial charge >= 0.3 is 0 Å². The Hall–Kier alpha value is -1.95. The Morgan fingerprint density at radius 3 is 2.41 bits per heavy atom. The summed E-state index contributed by atoms with van der Waals surface area (Å²) in [6, 6.07) is 6.37. The van der Waals surface area contributed by atoms with Crippen LogP contribution >= 0.6 is 0 Å². The van der Waals surface area contributed by atoms with Gasteiger partial charge < -0.3 is 14.5 Å². The summed E-state index contributed by atoms with van der Waals surface area (Å²) in [5.41, 5.74) is 0.822. The largest absolute Gasteiger partial charge is 0.381 e. The van der Waals surface area contributed by atoms with Crippen LogP contribution in [0.5, 0.6) is 0 Å². The van der Waals surface area contributed by atoms with Crippen molar-refractivity contribution in [2.75, 3.05) is 26.3 Å². The quantitative estimate of drug-likeness (QED) is 0.795. The Labute approximate surface area is 159 Å². The predicted octanol–water partition coefficient (Wildman–Crippen LogP) is 2.39. The minimum atomic E-state index is -0.294. The molecule has 4 rings (SSSR count). The zero-order valence-electron chi connectivity index (χ0n) is 15.6. The number of halogens is 1. The maximum Gasteiger partial charge on any atom is 0.227 e. The molecule has 2 heterocycles. The van der Waals surface area contributed by atoms with Crippen molar-refractivity contribution < 1.29 is 18.7 Å². The van der Waals surface area contributed by atoms with Crippen LogP contribution in [0.15, 0.2) is 24.3 Å². The van der Waals surface area contributed by atoms with E-state index >= 15 is 0 Å². The number of ether oxygens (including phenoxy) is 1. The number of rotatable bonds is 5. The molecule has 1 saturated carbocycles. The van der Waals surface area contributed by atoms with E-state index in [9.17, 15) is 14.0 Å². The molecule has 3 aliphatic rings. The third-order valence-corrected chi connectivity index (χ3v) is 5.94. The van der Waals surface area contributed by atoms with Crippen molar-refractivity contribution in [2.24, 2.45) is 5.92 Å². The number of hydrogen-bond donors (Lipinski definition) is 0. The van der Waals surface area contributed by atoms with Crippen molar-refractivity contribution in [3.63, 3.8) is 0 Å². The van der Waals surface area contributed by atoms with Gasteiger partial charge in [-0.25, -0.2) is 4.39 Å². The lowest BCUT2D eigenvalue weighted by Crippen LogP contribution is -2.51. The maximum absolute atomic E-state index is 13.2. The summed E-state index contributed by atoms with van der Waals surface area (Å²) in [7, 11) is 0. The molecule has 0 radical (unpaired) electrons. The molecular weight excluding hydrogens is 347 g/mol. The summed E-state index contributed by atoms with van der Waals surface area (Å²) in [6.45, 7) is 2.72. The van der Waals surface area contributed by atoms with E-state index in [1.54, 1.807) is 12.1 Å². The molecule has 1 aromatic rings. The van der Waals surface area contributed by atoms with E-state index in [1.807, 2.05) is 9.80 Å². The summed E-state index contributed by atoms with van der Waals surface area (Å²) in [5.74, 6) is 0.252. The van der Waals surface area contributed by atoms with E-state index in [2.05, 4.69) is 0 Å². The molecule has 6 heteroatoms. The topological polar surface area (TPSA) is 49.9 Å². The average Bonchev–Trinajstić information content (AvgIpc) is 3.42. The van der Waals surface area contributed by atoms with Crippen molar-refractivity contribution in [1.82, 2.24) is 9.80 Å². The molecule has 1 aliphatic carbocycles. The summed E-state index contributed by atoms with van der Waals surface area (Å²) in [5, 5.41) is 0. The molecule has 1 unspecified atom stereocenters. The monoisotopic (exact) mass is 374 g/mol. The van der Waals surface area contributed by atoms with E-state index in [0.29, 0.717) is 19.8 Å². The fraction of sp³-hybridized carbons (Fsp3) is 0.619. The lowest BCUT2D eigenvalue weighted by Gasteiger charge is -2.38. The number of hydrogen-bond acceptors (Lipinski definition) is 3. The van der Waals surface area contributed by atoms with Gasteiger partial charge in [0.05, 0.1) is 12.5 Å². The Balaban J connectivity index is 1.47. The second-order valence-electron chi connectivity index (χ2n) is 7.95. The average molecular weight is 374 g/mol. The molecule has 0 aromatic heterocycles. The summed E-state index contributed by atoms with van der Waals surface area (Å²) < 4.78 is 18.6. The van der Waals surface area contributed by atoms with Crippen LogP contribution in [0.2, 0.25) is 0 Å². The van der Waals surface area contributed by atoms with Gasteiger partial charge in [-0.1, -0.05) is 12.1 Å². The number of benzene rings is 1. The maximum atomic E-state index is 13.2. The van der Waals surface area contributed by atoms with Gasteiger partial charge in [-0.05, 0) is 49.8 Å². The Bertz CT molecular complexity index is 683. The first-order chi connectivity index (χ1) is 13.1. The third kappa shape index (κ3) is 4.32. The predicted molar refractivity (Wildman–Crippen MR) is 98.5 cm³/mol. The Morgan fingerprint density at radius 1 is 1.04 bits per heavy atom. The third-order valence-electron chi connectivity index (χ3n) is 5.94. The van der Waals surface area contributed by atoms with Crippen LogP contribution in [-0.4, -0.2) is 60.0 Å². The standard InChI is InChI=1S/C21H27FN2O3/c22-17-5-1-15(2-6-17)13-20(25)24(18-8-11-27-12-9-18)19-7-10-23(14-19)21(26)16-3-4-16/h1-2,5-6,16,18-19H,3-4,7-14H2. The number of nitrogens with zero attached hydrogens (tertiary/aromatic N) is 2. The lowest BCUT2D eigenvalue weighted by molar-refractivity contribution is -0.139. The molecule has 146 valence electrons. The molecule has 0 N–H and O–H groups in total. The van der Waals surface area contributed by atoms with Crippen LogP contribution in [0.25, 0.3) is 0 Å². The van der Waals surface area contributed by atoms with Crippen LogP contribution in [0.1, 0.15) is 37.7 Å². The molecule has 1 atom stereocenters. The zero-order chi connectivity index (χ0) is 18.8. The summed E-state index contributed by atoms with van der Waals surface area (Å²) in [4.78, 5) is 29.6. The van der Waals surface area contributed by atoms with Crippen LogP contribution in [0, 0.1) is 11.7 Å². The number of carbonyl (C=O) groups is 2. The SMILES string of the molecule is O=C(C1CC1)N1CCC(N(C(=O)Cc2ccc(F)cc2)C2CCOCC2)C1. The minimum absolute atomic E-state index is 0.0687. The zero-order valence-corrected chi connectivity index (χ0v) is 15.6. The second kappa shape index (κ2) is 7.97. The van der Waals surface area contributed by atoms with Gasteiger partial charge in [-0.15, -0.1) is 0 Å². The Morgan fingerprint density at radius 2 is 1.74 bits per heavy atom. The van der Waals surface area contributed by atoms with E-state index in [1.165, 1.54) is 12.1 Å². The highest BCUT2D eigenvalue weighted by molar-refractivity contribution is 5.82. The molecule has 2 aliphatic heterocycles. The normalized spacial score (nSPS) is 23.4. The fourth-order valence-corrected chi connectivity index (χ4v) is 4.29. The smallest absolute Gasteiger partial charge is 0.227 e. The van der Waals surface area contributed by atoms with Gasteiger partial charge in [0.2, 0.25) is 11.8 Å². The van der Waals surface area contributed by atoms with Crippen molar-refractivity contribution in [2.45, 2.75) is 50.6 Å². The van der Waals surface area contributed by atoms with Crippen LogP contribution in [0.3, 0.4) is 0 Å². The van der Waals surface area contributed by atoms with Gasteiger partial charge in [-0.2, -0.15) is 0 Å². The van der Waals surface area contributed by atoms with Crippen molar-refractivity contribution in [3.05, 3.63) is 35.6 Å². The molecule has 2 saturated heterocycles. The van der Waals surface area contributed by atoms with Gasteiger partial charge in [0.15, 0.2) is 0 Å². The van der Waals surface area contributed by atoms with Gasteiger partial charge in [0.1, 0.15) is 5.82 Å². The highest BCUT2D eigenvalue weighted by atomic mass is 19.1. The van der Waals surface area contributed by atoms with E-state index in [4.69, 9.17) is 4.74 Å².